The minimum atomic E-state index is -0.258. The van der Waals surface area contributed by atoms with Gasteiger partial charge in [-0.3, -0.25) is 9.59 Å². The first-order chi connectivity index (χ1) is 5.69. The largest absolute Gasteiger partial charge is 0.493 e. The third-order valence-corrected chi connectivity index (χ3v) is 2.09. The van der Waals surface area contributed by atoms with E-state index in [0.717, 1.165) is 0 Å². The van der Waals surface area contributed by atoms with Gasteiger partial charge < -0.3 is 4.74 Å². The van der Waals surface area contributed by atoms with Crippen LogP contribution < -0.4 is 0 Å². The monoisotopic (exact) mass is 230 g/mol. The van der Waals surface area contributed by atoms with Gasteiger partial charge in [-0.1, -0.05) is 15.9 Å². The molecule has 0 aliphatic heterocycles. The molecule has 0 aromatic heterocycles. The van der Waals surface area contributed by atoms with Crippen molar-refractivity contribution >= 4 is 27.5 Å². The fraction of sp³-hybridized carbons (Fsp3) is 0.250. The summed E-state index contributed by atoms with van der Waals surface area (Å²) in [4.78, 5) is 22.2. The third kappa shape index (κ3) is 1.64. The van der Waals surface area contributed by atoms with E-state index in [4.69, 9.17) is 4.74 Å². The van der Waals surface area contributed by atoms with Crippen LogP contribution in [-0.4, -0.2) is 24.0 Å². The lowest BCUT2D eigenvalue weighted by Gasteiger charge is -2.08. The van der Waals surface area contributed by atoms with Crippen LogP contribution in [0.1, 0.15) is 0 Å². The normalized spacial score (nSPS) is 17.2. The zero-order valence-corrected chi connectivity index (χ0v) is 8.05. The summed E-state index contributed by atoms with van der Waals surface area (Å²) in [6.45, 7) is 0. The Bertz CT molecular complexity index is 259. The highest BCUT2D eigenvalue weighted by molar-refractivity contribution is 9.09. The Morgan fingerprint density at radius 3 is 2.50 bits per heavy atom. The SMILES string of the molecule is COC1=CC(=O)C(CBr)=CC1=O. The van der Waals surface area contributed by atoms with Gasteiger partial charge in [0, 0.05) is 17.0 Å². The molecule has 0 radical (unpaired) electrons. The molecular weight excluding hydrogens is 224 g/mol. The van der Waals surface area contributed by atoms with Crippen molar-refractivity contribution in [3.63, 3.8) is 0 Å². The molecule has 1 aliphatic carbocycles. The minimum absolute atomic E-state index is 0.102. The van der Waals surface area contributed by atoms with Crippen molar-refractivity contribution in [1.82, 2.24) is 0 Å². The van der Waals surface area contributed by atoms with Crippen molar-refractivity contribution < 1.29 is 14.3 Å². The zero-order chi connectivity index (χ0) is 9.14. The van der Waals surface area contributed by atoms with E-state index in [9.17, 15) is 9.59 Å². The second-order valence-electron chi connectivity index (χ2n) is 2.24. The second kappa shape index (κ2) is 3.67. The van der Waals surface area contributed by atoms with Gasteiger partial charge in [-0.05, 0) is 6.08 Å². The predicted molar refractivity (Wildman–Crippen MR) is 47.0 cm³/mol. The van der Waals surface area contributed by atoms with Gasteiger partial charge in [0.1, 0.15) is 0 Å². The smallest absolute Gasteiger partial charge is 0.220 e. The van der Waals surface area contributed by atoms with E-state index in [1.165, 1.54) is 19.3 Å². The van der Waals surface area contributed by atoms with Crippen molar-refractivity contribution in [1.29, 1.82) is 0 Å². The lowest BCUT2D eigenvalue weighted by atomic mass is 10.0. The summed E-state index contributed by atoms with van der Waals surface area (Å²) >= 11 is 3.11. The van der Waals surface area contributed by atoms with Gasteiger partial charge in [-0.15, -0.1) is 0 Å². The molecule has 0 bridgehead atoms. The first-order valence-corrected chi connectivity index (χ1v) is 4.42. The summed E-state index contributed by atoms with van der Waals surface area (Å²) in [6.07, 6.45) is 2.49. The van der Waals surface area contributed by atoms with Crippen LogP contribution in [-0.2, 0) is 14.3 Å². The van der Waals surface area contributed by atoms with Gasteiger partial charge in [0.05, 0.1) is 7.11 Å². The summed E-state index contributed by atoms with van der Waals surface area (Å²) in [5.41, 5.74) is 0.459. The molecule has 0 unspecified atom stereocenters. The van der Waals surface area contributed by atoms with Crippen LogP contribution in [0.25, 0.3) is 0 Å². The molecule has 12 heavy (non-hydrogen) atoms. The molecule has 0 saturated heterocycles. The lowest BCUT2D eigenvalue weighted by molar-refractivity contribution is -0.117. The number of halogens is 1. The Balaban J connectivity index is 2.94. The van der Waals surface area contributed by atoms with E-state index in [2.05, 4.69) is 15.9 Å². The van der Waals surface area contributed by atoms with E-state index in [0.29, 0.717) is 10.9 Å². The number of ether oxygens (including phenoxy) is 1. The van der Waals surface area contributed by atoms with Crippen molar-refractivity contribution in [2.24, 2.45) is 0 Å². The topological polar surface area (TPSA) is 43.4 Å². The van der Waals surface area contributed by atoms with E-state index in [1.807, 2.05) is 0 Å². The molecule has 3 nitrogen and oxygen atoms in total. The maximum absolute atomic E-state index is 11.1. The highest BCUT2D eigenvalue weighted by Gasteiger charge is 2.19. The summed E-state index contributed by atoms with van der Waals surface area (Å²) in [7, 11) is 1.37. The van der Waals surface area contributed by atoms with Crippen molar-refractivity contribution in [2.75, 3.05) is 12.4 Å². The van der Waals surface area contributed by atoms with Gasteiger partial charge in [-0.25, -0.2) is 0 Å². The predicted octanol–water partition coefficient (Wildman–Crippen LogP) is 0.990. The van der Waals surface area contributed by atoms with Crippen LogP contribution in [0, 0.1) is 0 Å². The summed E-state index contributed by atoms with van der Waals surface area (Å²) in [6, 6.07) is 0. The fourth-order valence-corrected chi connectivity index (χ4v) is 1.29. The molecule has 0 heterocycles. The summed E-state index contributed by atoms with van der Waals surface area (Å²) in [5.74, 6) is -0.334. The number of carbonyl (C=O) groups is 2. The third-order valence-electron chi connectivity index (χ3n) is 1.49. The molecule has 0 aromatic rings. The Morgan fingerprint density at radius 2 is 2.00 bits per heavy atom. The first kappa shape index (κ1) is 9.19. The lowest BCUT2D eigenvalue weighted by Crippen LogP contribution is -2.14. The van der Waals surface area contributed by atoms with Crippen LogP contribution in [0.4, 0.5) is 0 Å². The quantitative estimate of drug-likeness (QED) is 0.525. The number of hydrogen-bond acceptors (Lipinski definition) is 3. The van der Waals surface area contributed by atoms with Gasteiger partial charge in [-0.2, -0.15) is 0 Å². The molecule has 0 saturated carbocycles. The number of rotatable bonds is 2. The van der Waals surface area contributed by atoms with E-state index in [1.54, 1.807) is 0 Å². The van der Waals surface area contributed by atoms with Crippen molar-refractivity contribution in [3.05, 3.63) is 23.5 Å². The van der Waals surface area contributed by atoms with Crippen molar-refractivity contribution in [3.8, 4) is 0 Å². The molecule has 1 rings (SSSR count). The minimum Gasteiger partial charge on any atom is -0.493 e. The number of methoxy groups -OCH3 is 1. The molecule has 1 aliphatic rings. The second-order valence-corrected chi connectivity index (χ2v) is 2.81. The van der Waals surface area contributed by atoms with E-state index in [-0.39, 0.29) is 17.3 Å². The molecule has 0 atom stereocenters. The Kier molecular flexibility index (Phi) is 2.81. The zero-order valence-electron chi connectivity index (χ0n) is 6.46. The van der Waals surface area contributed by atoms with Crippen LogP contribution in [0.15, 0.2) is 23.5 Å². The molecule has 4 heteroatoms. The number of carbonyl (C=O) groups excluding carboxylic acids is 2. The molecule has 0 fully saturated rings. The molecule has 0 spiro atoms. The van der Waals surface area contributed by atoms with Gasteiger partial charge in [0.15, 0.2) is 11.5 Å². The van der Waals surface area contributed by atoms with Crippen molar-refractivity contribution in [2.45, 2.75) is 0 Å². The molecule has 0 N–H and O–H groups in total. The van der Waals surface area contributed by atoms with Gasteiger partial charge in [0.2, 0.25) is 5.78 Å². The number of allylic oxidation sites excluding steroid dienone is 3. The molecular formula is C8H7BrO3. The number of ketones is 2. The molecule has 64 valence electrons. The maximum Gasteiger partial charge on any atom is 0.220 e. The number of hydrogen-bond donors (Lipinski definition) is 0. The summed E-state index contributed by atoms with van der Waals surface area (Å²) in [5, 5.41) is 0.394. The molecule has 0 aromatic carbocycles. The van der Waals surface area contributed by atoms with Crippen LogP contribution >= 0.6 is 15.9 Å². The fourth-order valence-electron chi connectivity index (χ4n) is 0.847. The number of alkyl halides is 1. The highest BCUT2D eigenvalue weighted by atomic mass is 79.9. The highest BCUT2D eigenvalue weighted by Crippen LogP contribution is 2.13. The Labute approximate surface area is 78.2 Å². The first-order valence-electron chi connectivity index (χ1n) is 3.30. The standard InChI is InChI=1S/C8H7BrO3/c1-12-8-3-6(10)5(4-9)2-7(8)11/h2-3H,4H2,1H3. The van der Waals surface area contributed by atoms with E-state index >= 15 is 0 Å². The Hall–Kier alpha value is -0.900. The van der Waals surface area contributed by atoms with Gasteiger partial charge >= 0.3 is 0 Å². The van der Waals surface area contributed by atoms with Crippen LogP contribution in [0.3, 0.4) is 0 Å². The summed E-state index contributed by atoms with van der Waals surface area (Å²) < 4.78 is 4.70. The maximum atomic E-state index is 11.1. The average Bonchev–Trinajstić information content (AvgIpc) is 2.08. The van der Waals surface area contributed by atoms with Crippen LogP contribution in [0.2, 0.25) is 0 Å². The molecule has 0 amide bonds. The van der Waals surface area contributed by atoms with E-state index < -0.39 is 0 Å². The average molecular weight is 231 g/mol. The Morgan fingerprint density at radius 1 is 1.33 bits per heavy atom. The van der Waals surface area contributed by atoms with Gasteiger partial charge in [0.25, 0.3) is 0 Å². The van der Waals surface area contributed by atoms with Crippen LogP contribution in [0.5, 0.6) is 0 Å².